The Kier molecular flexibility index (Phi) is 6.41. The van der Waals surface area contributed by atoms with E-state index < -0.39 is 12.2 Å². The van der Waals surface area contributed by atoms with Crippen LogP contribution in [-0.2, 0) is 0 Å². The summed E-state index contributed by atoms with van der Waals surface area (Å²) in [7, 11) is 0. The fourth-order valence-corrected chi connectivity index (χ4v) is 9.35. The zero-order chi connectivity index (χ0) is 21.8. The van der Waals surface area contributed by atoms with Crippen molar-refractivity contribution in [2.24, 2.45) is 52.3 Å². The van der Waals surface area contributed by atoms with Crippen molar-refractivity contribution in [1.29, 1.82) is 0 Å². The van der Waals surface area contributed by atoms with Gasteiger partial charge in [0.05, 0.1) is 18.3 Å². The van der Waals surface area contributed by atoms with E-state index in [4.69, 9.17) is 0 Å². The molecular formula is C27H48O3. The Morgan fingerprint density at radius 1 is 0.833 bits per heavy atom. The van der Waals surface area contributed by atoms with Gasteiger partial charge < -0.3 is 15.3 Å². The first-order chi connectivity index (χ1) is 14.1. The zero-order valence-electron chi connectivity index (χ0n) is 20.2. The summed E-state index contributed by atoms with van der Waals surface area (Å²) in [4.78, 5) is 0. The van der Waals surface area contributed by atoms with Crippen LogP contribution in [-0.4, -0.2) is 33.6 Å². The van der Waals surface area contributed by atoms with Gasteiger partial charge in [-0.2, -0.15) is 0 Å². The minimum absolute atomic E-state index is 0.0658. The van der Waals surface area contributed by atoms with Crippen LogP contribution < -0.4 is 0 Å². The van der Waals surface area contributed by atoms with Crippen LogP contribution in [0, 0.1) is 52.3 Å². The van der Waals surface area contributed by atoms with Crippen molar-refractivity contribution in [1.82, 2.24) is 0 Å². The monoisotopic (exact) mass is 420 g/mol. The molecule has 0 radical (unpaired) electrons. The molecule has 6 unspecified atom stereocenters. The highest BCUT2D eigenvalue weighted by atomic mass is 16.3. The Hall–Kier alpha value is -0.120. The molecule has 0 aromatic carbocycles. The van der Waals surface area contributed by atoms with Crippen LogP contribution in [0.3, 0.4) is 0 Å². The van der Waals surface area contributed by atoms with Crippen molar-refractivity contribution < 1.29 is 15.3 Å². The average molecular weight is 421 g/mol. The van der Waals surface area contributed by atoms with Crippen LogP contribution in [0.25, 0.3) is 0 Å². The number of aliphatic hydroxyl groups is 3. The third kappa shape index (κ3) is 3.69. The second-order valence-corrected chi connectivity index (χ2v) is 12.9. The molecule has 3 heteroatoms. The maximum absolute atomic E-state index is 11.0. The number of rotatable bonds is 5. The van der Waals surface area contributed by atoms with Crippen LogP contribution in [0.4, 0.5) is 0 Å². The third-order valence-corrected chi connectivity index (χ3v) is 11.0. The van der Waals surface area contributed by atoms with Crippen molar-refractivity contribution in [2.75, 3.05) is 0 Å². The van der Waals surface area contributed by atoms with Gasteiger partial charge in [-0.1, -0.05) is 34.6 Å². The molecule has 0 heterocycles. The summed E-state index contributed by atoms with van der Waals surface area (Å²) in [5, 5.41) is 31.8. The highest BCUT2D eigenvalue weighted by molar-refractivity contribution is 5.10. The Labute approximate surface area is 185 Å². The first-order valence-corrected chi connectivity index (χ1v) is 13.1. The SMILES string of the molecule is CC(C)C[C@@H](O)[C@H](O)C(C)C1CCC2C3CCC4C[C@@H](O)CC[C@]4(C)C3CC[C@@]21C. The van der Waals surface area contributed by atoms with Gasteiger partial charge in [0.25, 0.3) is 0 Å². The maximum Gasteiger partial charge on any atom is 0.0827 e. The predicted octanol–water partition coefficient (Wildman–Crippen LogP) is 5.41. The molecular weight excluding hydrogens is 372 g/mol. The molecule has 11 atom stereocenters. The molecule has 0 aliphatic heterocycles. The fraction of sp³-hybridized carbons (Fsp3) is 1.00. The lowest BCUT2D eigenvalue weighted by Crippen LogP contribution is -2.54. The molecule has 30 heavy (non-hydrogen) atoms. The molecule has 0 spiro atoms. The van der Waals surface area contributed by atoms with Gasteiger partial charge in [-0.15, -0.1) is 0 Å². The summed E-state index contributed by atoms with van der Waals surface area (Å²) < 4.78 is 0. The van der Waals surface area contributed by atoms with Gasteiger partial charge in [-0.05, 0) is 116 Å². The Morgan fingerprint density at radius 3 is 2.20 bits per heavy atom. The van der Waals surface area contributed by atoms with Crippen molar-refractivity contribution in [3.05, 3.63) is 0 Å². The predicted molar refractivity (Wildman–Crippen MR) is 122 cm³/mol. The molecule has 174 valence electrons. The smallest absolute Gasteiger partial charge is 0.0827 e. The summed E-state index contributed by atoms with van der Waals surface area (Å²) in [5.41, 5.74) is 0.747. The summed E-state index contributed by atoms with van der Waals surface area (Å²) in [6, 6.07) is 0. The molecule has 0 amide bonds. The lowest BCUT2D eigenvalue weighted by Gasteiger charge is -2.61. The van der Waals surface area contributed by atoms with E-state index in [-0.39, 0.29) is 12.0 Å². The van der Waals surface area contributed by atoms with E-state index in [0.717, 1.165) is 36.5 Å². The van der Waals surface area contributed by atoms with Crippen molar-refractivity contribution in [2.45, 2.75) is 117 Å². The van der Waals surface area contributed by atoms with E-state index >= 15 is 0 Å². The number of hydrogen-bond acceptors (Lipinski definition) is 3. The lowest BCUT2D eigenvalue weighted by molar-refractivity contribution is -0.135. The van der Waals surface area contributed by atoms with Gasteiger partial charge in [0.2, 0.25) is 0 Å². The van der Waals surface area contributed by atoms with Gasteiger partial charge in [0, 0.05) is 0 Å². The van der Waals surface area contributed by atoms with E-state index in [2.05, 4.69) is 34.6 Å². The number of fused-ring (bicyclic) bond motifs is 5. The van der Waals surface area contributed by atoms with Gasteiger partial charge in [0.1, 0.15) is 0 Å². The summed E-state index contributed by atoms with van der Waals surface area (Å²) >= 11 is 0. The topological polar surface area (TPSA) is 60.7 Å². The molecule has 0 saturated heterocycles. The molecule has 4 aliphatic rings. The van der Waals surface area contributed by atoms with Gasteiger partial charge in [-0.3, -0.25) is 0 Å². The Morgan fingerprint density at radius 2 is 1.50 bits per heavy atom. The molecule has 0 aromatic rings. The van der Waals surface area contributed by atoms with E-state index in [0.29, 0.717) is 29.1 Å². The molecule has 4 rings (SSSR count). The van der Waals surface area contributed by atoms with Crippen molar-refractivity contribution >= 4 is 0 Å². The third-order valence-electron chi connectivity index (χ3n) is 11.0. The first-order valence-electron chi connectivity index (χ1n) is 13.1. The zero-order valence-corrected chi connectivity index (χ0v) is 20.2. The van der Waals surface area contributed by atoms with Gasteiger partial charge in [0.15, 0.2) is 0 Å². The molecule has 0 aromatic heterocycles. The van der Waals surface area contributed by atoms with E-state index in [1.54, 1.807) is 0 Å². The molecule has 4 aliphatic carbocycles. The summed E-state index contributed by atoms with van der Waals surface area (Å²) in [6.45, 7) is 11.5. The largest absolute Gasteiger partial charge is 0.393 e. The molecule has 3 N–H and O–H groups in total. The van der Waals surface area contributed by atoms with Crippen LogP contribution in [0.15, 0.2) is 0 Å². The first kappa shape index (κ1) is 23.1. The van der Waals surface area contributed by atoms with Crippen LogP contribution in [0.2, 0.25) is 0 Å². The normalized spacial score (nSPS) is 49.1. The minimum atomic E-state index is -0.598. The second-order valence-electron chi connectivity index (χ2n) is 12.9. The standard InChI is InChI=1S/C27H48O3/c1-16(2)14-24(29)25(30)17(3)21-8-9-22-20-7-6-18-15-19(28)10-12-26(18,4)23(20)11-13-27(21,22)5/h16-25,28-30H,6-15H2,1-5H3/t17?,18?,19-,20?,21?,22?,23?,24+,25+,26-,27+/m0/s1. The number of hydrogen-bond donors (Lipinski definition) is 3. The molecule has 4 saturated carbocycles. The molecule has 3 nitrogen and oxygen atoms in total. The Bertz CT molecular complexity index is 605. The van der Waals surface area contributed by atoms with E-state index in [1.165, 1.54) is 44.9 Å². The van der Waals surface area contributed by atoms with Crippen molar-refractivity contribution in [3.63, 3.8) is 0 Å². The highest BCUT2D eigenvalue weighted by Gasteiger charge is 2.61. The highest BCUT2D eigenvalue weighted by Crippen LogP contribution is 2.68. The number of aliphatic hydroxyl groups excluding tert-OH is 3. The summed E-state index contributed by atoms with van der Waals surface area (Å²) in [5.74, 6) is 4.26. The molecule has 0 bridgehead atoms. The Balaban J connectivity index is 1.50. The second kappa shape index (κ2) is 8.34. The molecule has 4 fully saturated rings. The van der Waals surface area contributed by atoms with Gasteiger partial charge in [-0.25, -0.2) is 0 Å². The lowest BCUT2D eigenvalue weighted by atomic mass is 9.44. The van der Waals surface area contributed by atoms with E-state index in [9.17, 15) is 15.3 Å². The minimum Gasteiger partial charge on any atom is -0.393 e. The van der Waals surface area contributed by atoms with Gasteiger partial charge >= 0.3 is 0 Å². The van der Waals surface area contributed by atoms with E-state index in [1.807, 2.05) is 0 Å². The fourth-order valence-electron chi connectivity index (χ4n) is 9.35. The van der Waals surface area contributed by atoms with Crippen molar-refractivity contribution in [3.8, 4) is 0 Å². The summed E-state index contributed by atoms with van der Waals surface area (Å²) in [6.07, 6.45) is 10.5. The van der Waals surface area contributed by atoms with Crippen LogP contribution >= 0.6 is 0 Å². The quantitative estimate of drug-likeness (QED) is 0.557. The maximum atomic E-state index is 11.0. The average Bonchev–Trinajstić information content (AvgIpc) is 3.04. The van der Waals surface area contributed by atoms with Crippen LogP contribution in [0.5, 0.6) is 0 Å². The van der Waals surface area contributed by atoms with Crippen LogP contribution in [0.1, 0.15) is 98.8 Å².